The molecule has 2 aromatic heterocycles. The SMILES string of the molecule is CNc1ccccc1C(=O)O[C@@H]1C[C@@H](COP(=O)(O)OP(=O)(O)OP(=O)(O)O)O[C@H]1n1cnc2c(=O)[nH]c(N)nc21. The van der Waals surface area contributed by atoms with Crippen molar-refractivity contribution >= 4 is 52.2 Å². The van der Waals surface area contributed by atoms with E-state index in [4.69, 9.17) is 25.0 Å². The molecule has 23 heteroatoms. The Balaban J connectivity index is 1.58. The first-order valence-corrected chi connectivity index (χ1v) is 15.7. The van der Waals surface area contributed by atoms with Crippen LogP contribution in [0.15, 0.2) is 35.4 Å². The fourth-order valence-corrected chi connectivity index (χ4v) is 6.91. The summed E-state index contributed by atoms with van der Waals surface area (Å²) in [4.78, 5) is 72.0. The van der Waals surface area contributed by atoms with Gasteiger partial charge < -0.3 is 40.1 Å². The highest BCUT2D eigenvalue weighted by molar-refractivity contribution is 7.66. The van der Waals surface area contributed by atoms with Crippen LogP contribution in [-0.2, 0) is 36.3 Å². The summed E-state index contributed by atoms with van der Waals surface area (Å²) in [6, 6.07) is 6.43. The second-order valence-electron chi connectivity index (χ2n) is 8.29. The fraction of sp³-hybridized carbons (Fsp3) is 0.333. The smallest absolute Gasteiger partial charge is 0.454 e. The summed E-state index contributed by atoms with van der Waals surface area (Å²) in [6.07, 6.45) is -2.54. The molecule has 0 radical (unpaired) electrons. The number of para-hydroxylation sites is 1. The Kier molecular flexibility index (Phi) is 8.84. The van der Waals surface area contributed by atoms with E-state index in [2.05, 4.69) is 33.4 Å². The molecule has 3 heterocycles. The molecule has 0 aliphatic carbocycles. The minimum absolute atomic E-state index is 0.0403. The number of rotatable bonds is 11. The highest BCUT2D eigenvalue weighted by atomic mass is 31.3. The first kappa shape index (κ1) is 31.0. The molecule has 3 aromatic rings. The van der Waals surface area contributed by atoms with Crippen LogP contribution in [0.1, 0.15) is 23.0 Å². The Bertz CT molecular complexity index is 1660. The Labute approximate surface area is 228 Å². The maximum absolute atomic E-state index is 13.1. The number of fused-ring (bicyclic) bond motifs is 1. The molecule has 0 amide bonds. The van der Waals surface area contributed by atoms with Gasteiger partial charge in [-0.25, -0.2) is 23.5 Å². The van der Waals surface area contributed by atoms with E-state index in [1.165, 1.54) is 17.0 Å². The summed E-state index contributed by atoms with van der Waals surface area (Å²) in [5.41, 5.74) is 5.44. The van der Waals surface area contributed by atoms with Gasteiger partial charge in [0, 0.05) is 19.2 Å². The summed E-state index contributed by atoms with van der Waals surface area (Å²) in [5.74, 6) is -1.03. The highest BCUT2D eigenvalue weighted by Gasteiger charge is 2.44. The zero-order valence-corrected chi connectivity index (χ0v) is 23.3. The predicted molar refractivity (Wildman–Crippen MR) is 136 cm³/mol. The van der Waals surface area contributed by atoms with Gasteiger partial charge in [-0.1, -0.05) is 12.1 Å². The Hall–Kier alpha value is -2.99. The van der Waals surface area contributed by atoms with Crippen LogP contribution >= 0.6 is 23.5 Å². The summed E-state index contributed by atoms with van der Waals surface area (Å²) in [7, 11) is -15.2. The zero-order chi connectivity index (χ0) is 30.2. The van der Waals surface area contributed by atoms with Crippen LogP contribution in [-0.4, -0.2) is 70.9 Å². The van der Waals surface area contributed by atoms with E-state index in [0.29, 0.717) is 5.69 Å². The number of nitrogens with one attached hydrogen (secondary N) is 2. The fourth-order valence-electron chi connectivity index (χ4n) is 3.86. The van der Waals surface area contributed by atoms with Crippen molar-refractivity contribution in [1.29, 1.82) is 0 Å². The monoisotopic (exact) mass is 640 g/mol. The Morgan fingerprint density at radius 3 is 2.59 bits per heavy atom. The minimum atomic E-state index is -5.74. The topological polar surface area (TPSA) is 297 Å². The van der Waals surface area contributed by atoms with E-state index in [0.717, 1.165) is 0 Å². The second-order valence-corrected chi connectivity index (χ2v) is 12.7. The van der Waals surface area contributed by atoms with Gasteiger partial charge in [-0.05, 0) is 12.1 Å². The number of nitrogen functional groups attached to an aromatic ring is 1. The van der Waals surface area contributed by atoms with Crippen LogP contribution in [0, 0.1) is 0 Å². The number of nitrogens with two attached hydrogens (primary N) is 1. The van der Waals surface area contributed by atoms with Gasteiger partial charge in [0.1, 0.15) is 6.10 Å². The molecule has 5 atom stereocenters. The zero-order valence-electron chi connectivity index (χ0n) is 20.7. The number of phosphoric acid groups is 3. The maximum atomic E-state index is 13.1. The largest absolute Gasteiger partial charge is 0.490 e. The standard InChI is InChI=1S/C18H23N6O14P3/c1-20-11-5-3-2-4-10(11)17(26)36-12-6-9(7-34-40(30,31)38-41(32,33)37-39(27,28)29)35-16(12)24-8-21-13-14(24)22-18(19)23-15(13)25/h2-5,8-9,12,16,20H,6-7H2,1H3,(H,30,31)(H,32,33)(H2,27,28,29)(H3,19,22,23,25)/t9-,12+,16+/m0/s1. The van der Waals surface area contributed by atoms with Crippen molar-refractivity contribution < 1.29 is 60.7 Å². The lowest BCUT2D eigenvalue weighted by Crippen LogP contribution is -2.26. The third kappa shape index (κ3) is 7.65. The Morgan fingerprint density at radius 2 is 1.90 bits per heavy atom. The van der Waals surface area contributed by atoms with E-state index < -0.39 is 60.0 Å². The minimum Gasteiger partial charge on any atom is -0.454 e. The van der Waals surface area contributed by atoms with Crippen molar-refractivity contribution in [3.8, 4) is 0 Å². The summed E-state index contributed by atoms with van der Waals surface area (Å²) < 4.78 is 59.4. The molecule has 0 bridgehead atoms. The van der Waals surface area contributed by atoms with Crippen molar-refractivity contribution in [3.63, 3.8) is 0 Å². The molecule has 8 N–H and O–H groups in total. The van der Waals surface area contributed by atoms with Crippen molar-refractivity contribution in [3.05, 3.63) is 46.5 Å². The molecular formula is C18H23N6O14P3. The molecule has 41 heavy (non-hydrogen) atoms. The van der Waals surface area contributed by atoms with Crippen LogP contribution in [0.5, 0.6) is 0 Å². The average molecular weight is 640 g/mol. The normalized spacial score (nSPS) is 22.2. The molecule has 224 valence electrons. The number of hydrogen-bond donors (Lipinski definition) is 7. The molecule has 1 saturated heterocycles. The maximum Gasteiger partial charge on any atom is 0.490 e. The quantitative estimate of drug-likeness (QED) is 0.111. The number of carbonyl (C=O) groups is 1. The highest BCUT2D eigenvalue weighted by Crippen LogP contribution is 2.66. The number of nitrogens with zero attached hydrogens (tertiary/aromatic N) is 3. The first-order chi connectivity index (χ1) is 19.1. The molecule has 1 fully saturated rings. The van der Waals surface area contributed by atoms with Crippen LogP contribution in [0.2, 0.25) is 0 Å². The van der Waals surface area contributed by atoms with E-state index in [-0.39, 0.29) is 29.1 Å². The predicted octanol–water partition coefficient (Wildman–Crippen LogP) is 0.600. The van der Waals surface area contributed by atoms with Gasteiger partial charge in [0.05, 0.1) is 24.6 Å². The Morgan fingerprint density at radius 1 is 1.20 bits per heavy atom. The van der Waals surface area contributed by atoms with Crippen LogP contribution < -0.4 is 16.6 Å². The van der Waals surface area contributed by atoms with E-state index in [1.54, 1.807) is 25.2 Å². The van der Waals surface area contributed by atoms with Gasteiger partial charge in [0.2, 0.25) is 5.95 Å². The number of aromatic nitrogens is 4. The van der Waals surface area contributed by atoms with Gasteiger partial charge in [0.15, 0.2) is 17.4 Å². The molecule has 1 aromatic carbocycles. The summed E-state index contributed by atoms with van der Waals surface area (Å²) in [6.45, 7) is -0.815. The number of esters is 1. The number of phosphoric ester groups is 1. The third-order valence-corrected chi connectivity index (χ3v) is 9.19. The van der Waals surface area contributed by atoms with Gasteiger partial charge >= 0.3 is 29.4 Å². The van der Waals surface area contributed by atoms with Crippen LogP contribution in [0.25, 0.3) is 11.2 Å². The van der Waals surface area contributed by atoms with E-state index in [1.807, 2.05) is 0 Å². The van der Waals surface area contributed by atoms with Gasteiger partial charge in [-0.15, -0.1) is 0 Å². The lowest BCUT2D eigenvalue weighted by Gasteiger charge is -2.21. The number of carbonyl (C=O) groups excluding carboxylic acids is 1. The van der Waals surface area contributed by atoms with E-state index in [9.17, 15) is 33.1 Å². The number of ether oxygens (including phenoxy) is 2. The molecule has 1 aliphatic heterocycles. The molecule has 2 unspecified atom stereocenters. The molecule has 1 aliphatic rings. The second kappa shape index (κ2) is 11.7. The number of H-pyrrole nitrogens is 1. The van der Waals surface area contributed by atoms with Crippen LogP contribution in [0.3, 0.4) is 0 Å². The van der Waals surface area contributed by atoms with Crippen molar-refractivity contribution in [2.45, 2.75) is 24.9 Å². The third-order valence-electron chi connectivity index (χ3n) is 5.38. The average Bonchev–Trinajstić information content (AvgIpc) is 3.44. The van der Waals surface area contributed by atoms with Gasteiger partial charge in [-0.3, -0.25) is 18.9 Å². The van der Waals surface area contributed by atoms with E-state index >= 15 is 0 Å². The number of imidazole rings is 1. The molecule has 0 spiro atoms. The lowest BCUT2D eigenvalue weighted by molar-refractivity contribution is -0.0556. The van der Waals surface area contributed by atoms with Crippen LogP contribution in [0.4, 0.5) is 11.6 Å². The van der Waals surface area contributed by atoms with Gasteiger partial charge in [-0.2, -0.15) is 13.6 Å². The van der Waals surface area contributed by atoms with Crippen molar-refractivity contribution in [1.82, 2.24) is 19.5 Å². The number of anilines is 2. The molecular weight excluding hydrogens is 617 g/mol. The summed E-state index contributed by atoms with van der Waals surface area (Å²) in [5, 5.41) is 2.85. The first-order valence-electron chi connectivity index (χ1n) is 11.2. The number of hydrogen-bond acceptors (Lipinski definition) is 14. The molecule has 20 nitrogen and oxygen atoms in total. The van der Waals surface area contributed by atoms with Crippen molar-refractivity contribution in [2.24, 2.45) is 0 Å². The number of aromatic amines is 1. The molecule has 0 saturated carbocycles. The molecule has 4 rings (SSSR count). The van der Waals surface area contributed by atoms with Gasteiger partial charge in [0.25, 0.3) is 5.56 Å². The number of benzene rings is 1. The lowest BCUT2D eigenvalue weighted by atomic mass is 10.1. The van der Waals surface area contributed by atoms with Crippen molar-refractivity contribution in [2.75, 3.05) is 24.7 Å². The summed E-state index contributed by atoms with van der Waals surface area (Å²) >= 11 is 0.